The summed E-state index contributed by atoms with van der Waals surface area (Å²) in [6.45, 7) is 4.19. The number of methoxy groups -OCH3 is 1. The molecule has 4 amide bonds. The van der Waals surface area contributed by atoms with Crippen molar-refractivity contribution < 1.29 is 23.9 Å². The number of fused-ring (bicyclic) bond motifs is 1. The second kappa shape index (κ2) is 10.9. The number of imide groups is 2. The zero-order chi connectivity index (χ0) is 27.7. The minimum atomic E-state index is -0.735. The normalized spacial score (nSPS) is 14.9. The largest absolute Gasteiger partial charge is 0.492 e. The third-order valence-corrected chi connectivity index (χ3v) is 7.20. The highest BCUT2D eigenvalue weighted by Gasteiger charge is 2.44. The van der Waals surface area contributed by atoms with E-state index < -0.39 is 17.8 Å². The fourth-order valence-electron chi connectivity index (χ4n) is 4.57. The molecular weight excluding hydrogens is 607 g/mol. The average molecular weight is 632 g/mol. The summed E-state index contributed by atoms with van der Waals surface area (Å²) in [5, 5.41) is 1.59. The first kappa shape index (κ1) is 26.4. The van der Waals surface area contributed by atoms with Gasteiger partial charge in [0.2, 0.25) is 0 Å². The van der Waals surface area contributed by atoms with Crippen molar-refractivity contribution in [2.24, 2.45) is 0 Å². The van der Waals surface area contributed by atoms with Gasteiger partial charge in [0, 0.05) is 5.39 Å². The topological polar surface area (TPSA) is 76.2 Å². The minimum absolute atomic E-state index is 0.147. The monoisotopic (exact) mass is 632 g/mol. The predicted octanol–water partition coefficient (Wildman–Crippen LogP) is 6.74. The Morgan fingerprint density at radius 1 is 0.872 bits per heavy atom. The lowest BCUT2D eigenvalue weighted by Crippen LogP contribution is -2.57. The number of halogens is 1. The van der Waals surface area contributed by atoms with Crippen molar-refractivity contribution in [1.29, 1.82) is 0 Å². The Labute approximate surface area is 239 Å². The van der Waals surface area contributed by atoms with Crippen molar-refractivity contribution in [3.05, 3.63) is 99.1 Å². The Hall–Kier alpha value is -4.18. The maximum absolute atomic E-state index is 14.0. The van der Waals surface area contributed by atoms with Crippen molar-refractivity contribution >= 4 is 68.7 Å². The number of amides is 4. The Kier molecular flexibility index (Phi) is 7.38. The Morgan fingerprint density at radius 3 is 2.28 bits per heavy atom. The number of carbonyl (C=O) groups is 3. The van der Waals surface area contributed by atoms with Gasteiger partial charge >= 0.3 is 6.03 Å². The number of aryl methyl sites for hydroxylation is 1. The minimum Gasteiger partial charge on any atom is -0.492 e. The van der Waals surface area contributed by atoms with Gasteiger partial charge in [0.1, 0.15) is 5.57 Å². The summed E-state index contributed by atoms with van der Waals surface area (Å²) < 4.78 is 12.0. The number of ether oxygens (including phenoxy) is 2. The number of anilines is 2. The molecule has 0 aromatic heterocycles. The van der Waals surface area contributed by atoms with Gasteiger partial charge in [-0.05, 0) is 83.8 Å². The zero-order valence-corrected chi connectivity index (χ0v) is 23.8. The summed E-state index contributed by atoms with van der Waals surface area (Å²) in [5.74, 6) is -0.343. The van der Waals surface area contributed by atoms with E-state index in [1.807, 2.05) is 56.3 Å². The van der Waals surface area contributed by atoms with Crippen LogP contribution in [-0.2, 0) is 9.59 Å². The molecule has 196 valence electrons. The van der Waals surface area contributed by atoms with Gasteiger partial charge in [0.25, 0.3) is 11.8 Å². The van der Waals surface area contributed by atoms with Gasteiger partial charge in [-0.3, -0.25) is 9.59 Å². The van der Waals surface area contributed by atoms with E-state index in [0.29, 0.717) is 35.0 Å². The predicted molar refractivity (Wildman–Crippen MR) is 160 cm³/mol. The zero-order valence-electron chi connectivity index (χ0n) is 21.6. The number of nitrogens with zero attached hydrogens (tertiary/aromatic N) is 2. The standard InChI is InChI=1S/C31H25IN2O5/c1-4-39-27-18-20(17-25(32)28(27)38-3)16-24-29(35)33(22-14-12-19(2)13-15-22)31(37)34(30(24)36)26-11-7-9-21-8-5-6-10-23(21)26/h5-18H,4H2,1-3H3/b24-16+. The van der Waals surface area contributed by atoms with Crippen molar-refractivity contribution in [3.63, 3.8) is 0 Å². The van der Waals surface area contributed by atoms with Crippen LogP contribution in [0.1, 0.15) is 18.1 Å². The maximum atomic E-state index is 14.0. The number of urea groups is 1. The highest BCUT2D eigenvalue weighted by molar-refractivity contribution is 14.1. The first-order valence-electron chi connectivity index (χ1n) is 12.3. The molecule has 0 unspecified atom stereocenters. The lowest BCUT2D eigenvalue weighted by molar-refractivity contribution is -0.121. The van der Waals surface area contributed by atoms with E-state index in [9.17, 15) is 14.4 Å². The molecule has 1 saturated heterocycles. The van der Waals surface area contributed by atoms with Crippen LogP contribution in [-0.4, -0.2) is 31.6 Å². The molecular formula is C31H25IN2O5. The fourth-order valence-corrected chi connectivity index (χ4v) is 5.41. The van der Waals surface area contributed by atoms with Crippen LogP contribution in [0, 0.1) is 10.5 Å². The van der Waals surface area contributed by atoms with E-state index in [1.165, 1.54) is 6.08 Å². The van der Waals surface area contributed by atoms with Gasteiger partial charge in [0.15, 0.2) is 11.5 Å². The SMILES string of the molecule is CCOc1cc(/C=C2\C(=O)N(c3ccc(C)cc3)C(=O)N(c3cccc4ccccc34)C2=O)cc(I)c1OC. The number of hydrogen-bond acceptors (Lipinski definition) is 5. The van der Waals surface area contributed by atoms with E-state index in [-0.39, 0.29) is 5.57 Å². The number of rotatable bonds is 6. The van der Waals surface area contributed by atoms with Crippen molar-refractivity contribution in [1.82, 2.24) is 0 Å². The van der Waals surface area contributed by atoms with E-state index in [4.69, 9.17) is 9.47 Å². The van der Waals surface area contributed by atoms with Crippen LogP contribution < -0.4 is 19.3 Å². The molecule has 1 aliphatic heterocycles. The Bertz CT molecular complexity index is 1640. The molecule has 0 spiro atoms. The molecule has 1 heterocycles. The molecule has 0 saturated carbocycles. The lowest BCUT2D eigenvalue weighted by atomic mass is 10.0. The van der Waals surface area contributed by atoms with Gasteiger partial charge < -0.3 is 9.47 Å². The molecule has 0 bridgehead atoms. The first-order valence-corrected chi connectivity index (χ1v) is 13.4. The second-order valence-electron chi connectivity index (χ2n) is 8.92. The third-order valence-electron chi connectivity index (χ3n) is 6.40. The fraction of sp³-hybridized carbons (Fsp3) is 0.129. The van der Waals surface area contributed by atoms with Gasteiger partial charge in [-0.1, -0.05) is 54.1 Å². The van der Waals surface area contributed by atoms with E-state index >= 15 is 0 Å². The smallest absolute Gasteiger partial charge is 0.343 e. The lowest BCUT2D eigenvalue weighted by Gasteiger charge is -2.34. The molecule has 39 heavy (non-hydrogen) atoms. The van der Waals surface area contributed by atoms with Crippen molar-refractivity contribution in [2.45, 2.75) is 13.8 Å². The second-order valence-corrected chi connectivity index (χ2v) is 10.1. The summed E-state index contributed by atoms with van der Waals surface area (Å²) in [4.78, 5) is 43.8. The van der Waals surface area contributed by atoms with Crippen molar-refractivity contribution in [3.8, 4) is 11.5 Å². The van der Waals surface area contributed by atoms with Gasteiger partial charge in [-0.2, -0.15) is 0 Å². The van der Waals surface area contributed by atoms with Crippen LogP contribution in [0.5, 0.6) is 11.5 Å². The van der Waals surface area contributed by atoms with Crippen molar-refractivity contribution in [2.75, 3.05) is 23.5 Å². The summed E-state index contributed by atoms with van der Waals surface area (Å²) >= 11 is 2.12. The quantitative estimate of drug-likeness (QED) is 0.134. The summed E-state index contributed by atoms with van der Waals surface area (Å²) in [6, 6.07) is 22.7. The van der Waals surface area contributed by atoms with Crippen LogP contribution in [0.2, 0.25) is 0 Å². The van der Waals surface area contributed by atoms with E-state index in [2.05, 4.69) is 22.6 Å². The summed E-state index contributed by atoms with van der Waals surface area (Å²) in [6.07, 6.45) is 1.50. The highest BCUT2D eigenvalue weighted by Crippen LogP contribution is 2.37. The van der Waals surface area contributed by atoms with E-state index in [0.717, 1.165) is 29.7 Å². The highest BCUT2D eigenvalue weighted by atomic mass is 127. The average Bonchev–Trinajstić information content (AvgIpc) is 2.92. The molecule has 0 atom stereocenters. The van der Waals surface area contributed by atoms with Crippen LogP contribution in [0.4, 0.5) is 16.2 Å². The van der Waals surface area contributed by atoms with Gasteiger partial charge in [-0.25, -0.2) is 14.6 Å². The molecule has 8 heteroatoms. The first-order chi connectivity index (χ1) is 18.8. The van der Waals surface area contributed by atoms with Crippen LogP contribution in [0.25, 0.3) is 16.8 Å². The molecule has 1 aliphatic rings. The summed E-state index contributed by atoms with van der Waals surface area (Å²) in [7, 11) is 1.56. The van der Waals surface area contributed by atoms with Gasteiger partial charge in [-0.15, -0.1) is 0 Å². The molecule has 0 aliphatic carbocycles. The molecule has 7 nitrogen and oxygen atoms in total. The van der Waals surface area contributed by atoms with Crippen LogP contribution in [0.3, 0.4) is 0 Å². The number of hydrogen-bond donors (Lipinski definition) is 0. The molecule has 1 fully saturated rings. The molecule has 0 N–H and O–H groups in total. The molecule has 4 aromatic rings. The maximum Gasteiger partial charge on any atom is 0.343 e. The Morgan fingerprint density at radius 2 is 1.56 bits per heavy atom. The molecule has 0 radical (unpaired) electrons. The molecule has 4 aromatic carbocycles. The van der Waals surface area contributed by atoms with Crippen LogP contribution >= 0.6 is 22.6 Å². The molecule has 5 rings (SSSR count). The number of barbiturate groups is 1. The summed E-state index contributed by atoms with van der Waals surface area (Å²) in [5.41, 5.74) is 2.17. The number of benzene rings is 4. The van der Waals surface area contributed by atoms with Crippen LogP contribution in [0.15, 0.2) is 84.4 Å². The van der Waals surface area contributed by atoms with Gasteiger partial charge in [0.05, 0.1) is 28.7 Å². The number of carbonyl (C=O) groups excluding carboxylic acids is 3. The third kappa shape index (κ3) is 4.87. The Balaban J connectivity index is 1.71. The van der Waals surface area contributed by atoms with E-state index in [1.54, 1.807) is 43.5 Å².